The molecule has 0 saturated carbocycles. The summed E-state index contributed by atoms with van der Waals surface area (Å²) in [6.45, 7) is 0.563. The molecule has 138 valence electrons. The van der Waals surface area contributed by atoms with Crippen molar-refractivity contribution in [2.75, 3.05) is 13.1 Å². The first-order valence-corrected chi connectivity index (χ1v) is 8.75. The Morgan fingerprint density at radius 1 is 1.22 bits per heavy atom. The minimum Gasteiger partial charge on any atom is -0.389 e. The second-order valence-corrected chi connectivity index (χ2v) is 6.55. The van der Waals surface area contributed by atoms with Gasteiger partial charge in [0.05, 0.1) is 23.2 Å². The van der Waals surface area contributed by atoms with Gasteiger partial charge in [0.25, 0.3) is 11.8 Å². The van der Waals surface area contributed by atoms with Crippen LogP contribution < -0.4 is 5.32 Å². The summed E-state index contributed by atoms with van der Waals surface area (Å²) in [7, 11) is 0. The lowest BCUT2D eigenvalue weighted by molar-refractivity contribution is 0.0312. The number of hydrogen-bond donors (Lipinski definition) is 3. The molecule has 0 unspecified atom stereocenters. The second-order valence-electron chi connectivity index (χ2n) is 6.55. The Bertz CT molecular complexity index is 972. The van der Waals surface area contributed by atoms with Crippen LogP contribution in [0.2, 0.25) is 0 Å². The minimum atomic E-state index is -0.853. The van der Waals surface area contributed by atoms with Crippen LogP contribution in [-0.4, -0.2) is 62.2 Å². The number of β-amino-alcohol motifs (C(OH)–C–C–N with tert-alkyl or cyclic N) is 1. The fraction of sp³-hybridized carbons (Fsp3) is 0.263. The highest BCUT2D eigenvalue weighted by molar-refractivity contribution is 6.04. The molecule has 2 amide bonds. The smallest absolute Gasteiger partial charge is 0.275 e. The zero-order chi connectivity index (χ0) is 18.8. The molecule has 3 N–H and O–H groups in total. The molecular formula is C19H19N5O3. The summed E-state index contributed by atoms with van der Waals surface area (Å²) >= 11 is 0. The summed E-state index contributed by atoms with van der Waals surface area (Å²) in [4.78, 5) is 30.5. The van der Waals surface area contributed by atoms with Crippen molar-refractivity contribution in [3.05, 3.63) is 60.0 Å². The Labute approximate surface area is 155 Å². The summed E-state index contributed by atoms with van der Waals surface area (Å²) in [6.07, 6.45) is 2.67. The number of fused-ring (bicyclic) bond motifs is 1. The summed E-state index contributed by atoms with van der Waals surface area (Å²) in [5.74, 6) is -0.520. The number of H-pyrrole nitrogens is 1. The standard InChI is InChI=1S/C19H19N5O3/c25-16-11-24(19(27)17-13-5-1-2-6-14(13)22-23-17)9-7-15(16)21-18(26)12-4-3-8-20-10-12/h1-6,8,10,15-16,25H,7,9,11H2,(H,21,26)(H,22,23)/t15-,16-/m1/s1. The number of nitrogens with one attached hydrogen (secondary N) is 2. The van der Waals surface area contributed by atoms with Crippen LogP contribution in [0.4, 0.5) is 0 Å². The van der Waals surface area contributed by atoms with E-state index in [1.165, 1.54) is 6.20 Å². The van der Waals surface area contributed by atoms with E-state index in [2.05, 4.69) is 20.5 Å². The predicted octanol–water partition coefficient (Wildman–Crippen LogP) is 0.963. The number of carbonyl (C=O) groups is 2. The monoisotopic (exact) mass is 365 g/mol. The highest BCUT2D eigenvalue weighted by Gasteiger charge is 2.33. The highest BCUT2D eigenvalue weighted by Crippen LogP contribution is 2.20. The van der Waals surface area contributed by atoms with Crippen molar-refractivity contribution in [2.24, 2.45) is 0 Å². The van der Waals surface area contributed by atoms with E-state index in [0.29, 0.717) is 24.2 Å². The second kappa shape index (κ2) is 7.16. The molecule has 8 nitrogen and oxygen atoms in total. The van der Waals surface area contributed by atoms with Crippen LogP contribution >= 0.6 is 0 Å². The van der Waals surface area contributed by atoms with Gasteiger partial charge >= 0.3 is 0 Å². The zero-order valence-corrected chi connectivity index (χ0v) is 14.5. The van der Waals surface area contributed by atoms with E-state index in [9.17, 15) is 14.7 Å². The molecule has 1 aliphatic rings. The van der Waals surface area contributed by atoms with Crippen molar-refractivity contribution in [1.82, 2.24) is 25.4 Å². The average Bonchev–Trinajstić information content (AvgIpc) is 3.13. The third-order valence-electron chi connectivity index (χ3n) is 4.78. The van der Waals surface area contributed by atoms with Crippen molar-refractivity contribution >= 4 is 22.7 Å². The predicted molar refractivity (Wildman–Crippen MR) is 98.1 cm³/mol. The number of nitrogens with zero attached hydrogens (tertiary/aromatic N) is 3. The first kappa shape index (κ1) is 17.2. The first-order chi connectivity index (χ1) is 13.1. The molecule has 2 aromatic heterocycles. The van der Waals surface area contributed by atoms with Gasteiger partial charge in [-0.3, -0.25) is 19.7 Å². The summed E-state index contributed by atoms with van der Waals surface area (Å²) in [5, 5.41) is 21.0. The maximum absolute atomic E-state index is 12.8. The molecule has 0 radical (unpaired) electrons. The SMILES string of the molecule is O=C(N[C@@H]1CCN(C(=O)c2n[nH]c3ccccc23)C[C@H]1O)c1cccnc1. The van der Waals surface area contributed by atoms with E-state index in [1.807, 2.05) is 24.3 Å². The van der Waals surface area contributed by atoms with Gasteiger partial charge in [-0.2, -0.15) is 5.10 Å². The number of pyridine rings is 1. The Morgan fingerprint density at radius 3 is 2.85 bits per heavy atom. The van der Waals surface area contributed by atoms with Crippen molar-refractivity contribution < 1.29 is 14.7 Å². The van der Waals surface area contributed by atoms with E-state index < -0.39 is 12.1 Å². The largest absolute Gasteiger partial charge is 0.389 e. The number of rotatable bonds is 3. The van der Waals surface area contributed by atoms with Gasteiger partial charge in [-0.05, 0) is 24.6 Å². The first-order valence-electron chi connectivity index (χ1n) is 8.75. The normalized spacial score (nSPS) is 19.8. The Morgan fingerprint density at radius 2 is 2.07 bits per heavy atom. The van der Waals surface area contributed by atoms with Gasteiger partial charge in [-0.15, -0.1) is 0 Å². The zero-order valence-electron chi connectivity index (χ0n) is 14.5. The van der Waals surface area contributed by atoms with E-state index in [1.54, 1.807) is 23.2 Å². The third-order valence-corrected chi connectivity index (χ3v) is 4.78. The number of aromatic nitrogens is 3. The lowest BCUT2D eigenvalue weighted by Gasteiger charge is -2.36. The summed E-state index contributed by atoms with van der Waals surface area (Å²) in [5.41, 5.74) is 1.57. The number of aliphatic hydroxyl groups is 1. The van der Waals surface area contributed by atoms with Gasteiger partial charge in [-0.1, -0.05) is 18.2 Å². The van der Waals surface area contributed by atoms with Crippen molar-refractivity contribution in [3.63, 3.8) is 0 Å². The third kappa shape index (κ3) is 3.39. The molecule has 1 aliphatic heterocycles. The van der Waals surface area contributed by atoms with E-state index in [4.69, 9.17) is 0 Å². The minimum absolute atomic E-state index is 0.137. The molecule has 0 spiro atoms. The maximum atomic E-state index is 12.8. The fourth-order valence-corrected chi connectivity index (χ4v) is 3.31. The number of carbonyl (C=O) groups excluding carboxylic acids is 2. The molecule has 3 heterocycles. The van der Waals surface area contributed by atoms with Crippen LogP contribution in [0.1, 0.15) is 27.3 Å². The highest BCUT2D eigenvalue weighted by atomic mass is 16.3. The van der Waals surface area contributed by atoms with Crippen LogP contribution in [0.3, 0.4) is 0 Å². The van der Waals surface area contributed by atoms with Crippen LogP contribution in [-0.2, 0) is 0 Å². The van der Waals surface area contributed by atoms with Gasteiger partial charge in [0, 0.05) is 30.9 Å². The number of amides is 2. The molecule has 1 saturated heterocycles. The molecule has 0 aliphatic carbocycles. The molecule has 1 fully saturated rings. The molecule has 3 aromatic rings. The molecule has 8 heteroatoms. The van der Waals surface area contributed by atoms with Crippen molar-refractivity contribution in [3.8, 4) is 0 Å². The van der Waals surface area contributed by atoms with Gasteiger partial charge in [0.1, 0.15) is 0 Å². The summed E-state index contributed by atoms with van der Waals surface area (Å²) < 4.78 is 0. The van der Waals surface area contributed by atoms with Crippen LogP contribution in [0, 0.1) is 0 Å². The molecule has 2 atom stereocenters. The molecule has 1 aromatic carbocycles. The van der Waals surface area contributed by atoms with Gasteiger partial charge in [0.15, 0.2) is 5.69 Å². The topological polar surface area (TPSA) is 111 Å². The lowest BCUT2D eigenvalue weighted by Crippen LogP contribution is -2.55. The maximum Gasteiger partial charge on any atom is 0.275 e. The quantitative estimate of drug-likeness (QED) is 0.640. The number of likely N-dealkylation sites (tertiary alicyclic amines) is 1. The van der Waals surface area contributed by atoms with Gasteiger partial charge in [0.2, 0.25) is 0 Å². The number of aromatic amines is 1. The molecule has 27 heavy (non-hydrogen) atoms. The molecule has 4 rings (SSSR count). The van der Waals surface area contributed by atoms with Crippen molar-refractivity contribution in [2.45, 2.75) is 18.6 Å². The number of benzene rings is 1. The molecule has 0 bridgehead atoms. The van der Waals surface area contributed by atoms with Gasteiger partial charge in [-0.25, -0.2) is 0 Å². The number of para-hydroxylation sites is 1. The van der Waals surface area contributed by atoms with E-state index >= 15 is 0 Å². The fourth-order valence-electron chi connectivity index (χ4n) is 3.31. The van der Waals surface area contributed by atoms with Crippen LogP contribution in [0.25, 0.3) is 10.9 Å². The number of aliphatic hydroxyl groups excluding tert-OH is 1. The van der Waals surface area contributed by atoms with Gasteiger partial charge < -0.3 is 15.3 Å². The lowest BCUT2D eigenvalue weighted by atomic mass is 10.0. The molecular weight excluding hydrogens is 346 g/mol. The summed E-state index contributed by atoms with van der Waals surface area (Å²) in [6, 6.07) is 10.3. The Kier molecular flexibility index (Phi) is 4.55. The van der Waals surface area contributed by atoms with E-state index in [0.717, 1.165) is 10.9 Å². The van der Waals surface area contributed by atoms with Crippen LogP contribution in [0.5, 0.6) is 0 Å². The average molecular weight is 365 g/mol. The Hall–Kier alpha value is -3.26. The van der Waals surface area contributed by atoms with Crippen LogP contribution in [0.15, 0.2) is 48.8 Å². The Balaban J connectivity index is 1.42. The number of hydrogen-bond acceptors (Lipinski definition) is 5. The van der Waals surface area contributed by atoms with E-state index in [-0.39, 0.29) is 18.4 Å². The number of piperidine rings is 1. The van der Waals surface area contributed by atoms with Crippen molar-refractivity contribution in [1.29, 1.82) is 0 Å².